The summed E-state index contributed by atoms with van der Waals surface area (Å²) in [4.78, 5) is 12.7. The first-order chi connectivity index (χ1) is 7.00. The maximum absolute atomic E-state index is 10.7. The van der Waals surface area contributed by atoms with Crippen LogP contribution in [0.1, 0.15) is 12.5 Å². The van der Waals surface area contributed by atoms with E-state index in [2.05, 4.69) is 0 Å². The molecule has 0 unspecified atom stereocenters. The lowest BCUT2D eigenvalue weighted by Crippen LogP contribution is -2.12. The van der Waals surface area contributed by atoms with Crippen LogP contribution in [0, 0.1) is 5.92 Å². The van der Waals surface area contributed by atoms with Crippen LogP contribution in [-0.4, -0.2) is 25.2 Å². The Morgan fingerprint density at radius 1 is 1.33 bits per heavy atom. The molecule has 0 spiro atoms. The number of rotatable bonds is 4. The second-order valence-corrected chi connectivity index (χ2v) is 4.00. The topological polar surface area (TPSA) is 40.5 Å². The van der Waals surface area contributed by atoms with Gasteiger partial charge < -0.3 is 10.0 Å². The van der Waals surface area contributed by atoms with E-state index in [1.54, 1.807) is 6.92 Å². The highest BCUT2D eigenvalue weighted by Gasteiger charge is 2.11. The number of anilines is 1. The van der Waals surface area contributed by atoms with Gasteiger partial charge in [0, 0.05) is 19.8 Å². The Hall–Kier alpha value is -1.51. The van der Waals surface area contributed by atoms with Crippen molar-refractivity contribution >= 4 is 11.7 Å². The van der Waals surface area contributed by atoms with Gasteiger partial charge in [-0.3, -0.25) is 4.79 Å². The molecule has 3 heteroatoms. The minimum absolute atomic E-state index is 0.324. The fourth-order valence-corrected chi connectivity index (χ4v) is 1.37. The van der Waals surface area contributed by atoms with Gasteiger partial charge in [-0.15, -0.1) is 0 Å². The van der Waals surface area contributed by atoms with E-state index >= 15 is 0 Å². The molecule has 0 fully saturated rings. The van der Waals surface area contributed by atoms with Crippen LogP contribution in [0.25, 0.3) is 0 Å². The van der Waals surface area contributed by atoms with E-state index < -0.39 is 5.97 Å². The fraction of sp³-hybridized carbons (Fsp3) is 0.417. The Labute approximate surface area is 90.3 Å². The van der Waals surface area contributed by atoms with Gasteiger partial charge in [-0.25, -0.2) is 0 Å². The Kier molecular flexibility index (Phi) is 3.72. The number of carboxylic acid groups (broad SMARTS) is 1. The van der Waals surface area contributed by atoms with E-state index in [4.69, 9.17) is 5.11 Å². The second-order valence-electron chi connectivity index (χ2n) is 4.00. The Morgan fingerprint density at radius 2 is 1.87 bits per heavy atom. The first kappa shape index (κ1) is 11.6. The predicted octanol–water partition coefficient (Wildman–Crippen LogP) is 2.02. The van der Waals surface area contributed by atoms with Crippen LogP contribution in [0.3, 0.4) is 0 Å². The van der Waals surface area contributed by atoms with Gasteiger partial charge in [0.15, 0.2) is 0 Å². The summed E-state index contributed by atoms with van der Waals surface area (Å²) in [5.74, 6) is -1.07. The van der Waals surface area contributed by atoms with Crippen LogP contribution in [0.2, 0.25) is 0 Å². The molecule has 1 rings (SSSR count). The number of nitrogens with zero attached hydrogens (tertiary/aromatic N) is 1. The highest BCUT2D eigenvalue weighted by atomic mass is 16.4. The van der Waals surface area contributed by atoms with Crippen molar-refractivity contribution in [3.05, 3.63) is 29.8 Å². The predicted molar refractivity (Wildman–Crippen MR) is 61.3 cm³/mol. The van der Waals surface area contributed by atoms with E-state index in [0.717, 1.165) is 11.3 Å². The maximum atomic E-state index is 10.7. The first-order valence-corrected chi connectivity index (χ1v) is 4.99. The third-order valence-corrected chi connectivity index (χ3v) is 2.42. The lowest BCUT2D eigenvalue weighted by Gasteiger charge is -2.13. The van der Waals surface area contributed by atoms with Gasteiger partial charge in [-0.1, -0.05) is 19.1 Å². The molecule has 0 bridgehead atoms. The zero-order valence-electron chi connectivity index (χ0n) is 9.40. The van der Waals surface area contributed by atoms with Crippen LogP contribution >= 0.6 is 0 Å². The fourth-order valence-electron chi connectivity index (χ4n) is 1.37. The Balaban J connectivity index is 2.68. The Bertz CT molecular complexity index is 330. The van der Waals surface area contributed by atoms with Gasteiger partial charge >= 0.3 is 5.97 Å². The molecule has 0 saturated heterocycles. The van der Waals surface area contributed by atoms with Crippen molar-refractivity contribution in [1.29, 1.82) is 0 Å². The molecular weight excluding hydrogens is 190 g/mol. The highest BCUT2D eigenvalue weighted by molar-refractivity contribution is 5.69. The van der Waals surface area contributed by atoms with Crippen molar-refractivity contribution in [1.82, 2.24) is 0 Å². The van der Waals surface area contributed by atoms with Crippen molar-refractivity contribution in [2.75, 3.05) is 19.0 Å². The second kappa shape index (κ2) is 4.82. The molecule has 3 nitrogen and oxygen atoms in total. The van der Waals surface area contributed by atoms with Crippen LogP contribution in [-0.2, 0) is 11.2 Å². The van der Waals surface area contributed by atoms with E-state index in [9.17, 15) is 4.79 Å². The monoisotopic (exact) mass is 207 g/mol. The first-order valence-electron chi connectivity index (χ1n) is 4.99. The van der Waals surface area contributed by atoms with Crippen LogP contribution in [0.5, 0.6) is 0 Å². The van der Waals surface area contributed by atoms with Gasteiger partial charge in [0.1, 0.15) is 0 Å². The van der Waals surface area contributed by atoms with Gasteiger partial charge in [0.05, 0.1) is 5.92 Å². The molecule has 82 valence electrons. The number of carbonyl (C=O) groups is 1. The largest absolute Gasteiger partial charge is 0.481 e. The molecule has 0 heterocycles. The van der Waals surface area contributed by atoms with Crippen molar-refractivity contribution in [3.63, 3.8) is 0 Å². The number of hydrogen-bond donors (Lipinski definition) is 1. The zero-order chi connectivity index (χ0) is 11.4. The molecule has 1 aromatic carbocycles. The molecule has 0 aliphatic heterocycles. The quantitative estimate of drug-likeness (QED) is 0.821. The van der Waals surface area contributed by atoms with Crippen LogP contribution in [0.4, 0.5) is 5.69 Å². The van der Waals surface area contributed by atoms with Crippen molar-refractivity contribution < 1.29 is 9.90 Å². The summed E-state index contributed by atoms with van der Waals surface area (Å²) in [7, 11) is 3.96. The SMILES string of the molecule is C[C@@H](Cc1ccc(N(C)C)cc1)C(=O)O. The van der Waals surface area contributed by atoms with E-state index in [-0.39, 0.29) is 5.92 Å². The summed E-state index contributed by atoms with van der Waals surface area (Å²) >= 11 is 0. The summed E-state index contributed by atoms with van der Waals surface area (Å²) < 4.78 is 0. The number of hydrogen-bond acceptors (Lipinski definition) is 2. The molecule has 0 radical (unpaired) electrons. The molecule has 1 aromatic rings. The lowest BCUT2D eigenvalue weighted by atomic mass is 10.0. The van der Waals surface area contributed by atoms with E-state index in [0.29, 0.717) is 6.42 Å². The number of aliphatic carboxylic acids is 1. The minimum atomic E-state index is -0.744. The highest BCUT2D eigenvalue weighted by Crippen LogP contribution is 2.15. The van der Waals surface area contributed by atoms with Crippen molar-refractivity contribution in [2.24, 2.45) is 5.92 Å². The molecule has 0 amide bonds. The van der Waals surface area contributed by atoms with E-state index in [1.165, 1.54) is 0 Å². The maximum Gasteiger partial charge on any atom is 0.306 e. The zero-order valence-corrected chi connectivity index (χ0v) is 9.40. The average Bonchev–Trinajstić information content (AvgIpc) is 2.18. The molecular formula is C12H17NO2. The average molecular weight is 207 g/mol. The summed E-state index contributed by atoms with van der Waals surface area (Å²) in [5, 5.41) is 8.78. The molecule has 1 N–H and O–H groups in total. The molecule has 15 heavy (non-hydrogen) atoms. The molecule has 1 atom stereocenters. The molecule has 0 aliphatic carbocycles. The standard InChI is InChI=1S/C12H17NO2/c1-9(12(14)15)8-10-4-6-11(7-5-10)13(2)3/h4-7,9H,8H2,1-3H3,(H,14,15)/t9-/m0/s1. The Morgan fingerprint density at radius 3 is 2.27 bits per heavy atom. The summed E-state index contributed by atoms with van der Waals surface area (Å²) in [6.45, 7) is 1.72. The summed E-state index contributed by atoms with van der Waals surface area (Å²) in [5.41, 5.74) is 2.19. The third kappa shape index (κ3) is 3.27. The normalized spacial score (nSPS) is 12.2. The number of benzene rings is 1. The van der Waals surface area contributed by atoms with Crippen molar-refractivity contribution in [2.45, 2.75) is 13.3 Å². The van der Waals surface area contributed by atoms with Gasteiger partial charge in [-0.05, 0) is 24.1 Å². The van der Waals surface area contributed by atoms with Gasteiger partial charge in [0.2, 0.25) is 0 Å². The lowest BCUT2D eigenvalue weighted by molar-refractivity contribution is -0.141. The molecule has 0 aromatic heterocycles. The third-order valence-electron chi connectivity index (χ3n) is 2.42. The molecule has 0 saturated carbocycles. The van der Waals surface area contributed by atoms with Crippen LogP contribution < -0.4 is 4.90 Å². The van der Waals surface area contributed by atoms with Gasteiger partial charge in [-0.2, -0.15) is 0 Å². The summed E-state index contributed by atoms with van der Waals surface area (Å²) in [6.07, 6.45) is 0.586. The number of carboxylic acids is 1. The molecule has 0 aliphatic rings. The minimum Gasteiger partial charge on any atom is -0.481 e. The van der Waals surface area contributed by atoms with Gasteiger partial charge in [0.25, 0.3) is 0 Å². The van der Waals surface area contributed by atoms with Crippen molar-refractivity contribution in [3.8, 4) is 0 Å². The van der Waals surface area contributed by atoms with E-state index in [1.807, 2.05) is 43.3 Å². The van der Waals surface area contributed by atoms with Crippen LogP contribution in [0.15, 0.2) is 24.3 Å². The smallest absolute Gasteiger partial charge is 0.306 e. The summed E-state index contributed by atoms with van der Waals surface area (Å²) in [6, 6.07) is 7.97.